The van der Waals surface area contributed by atoms with E-state index in [2.05, 4.69) is 223 Å². The fourth-order valence-corrected chi connectivity index (χ4v) is 74.7. The van der Waals surface area contributed by atoms with Gasteiger partial charge in [-0.1, -0.05) is 0 Å². The van der Waals surface area contributed by atoms with Gasteiger partial charge in [0.2, 0.25) is 0 Å². The molecule has 4 rings (SSSR count). The molecule has 1 saturated heterocycles. The molecule has 0 amide bonds. The average molecular weight is 1030 g/mol. The predicted molar refractivity (Wildman–Crippen MR) is 291 cm³/mol. The molecule has 1 nitrogen and oxygen atoms in total. The van der Waals surface area contributed by atoms with Crippen LogP contribution in [0.2, 0.25) is 118 Å². The van der Waals surface area contributed by atoms with Crippen molar-refractivity contribution < 1.29 is 3.07 Å². The zero-order valence-corrected chi connectivity index (χ0v) is 52.4. The van der Waals surface area contributed by atoms with Gasteiger partial charge in [-0.3, -0.25) is 0 Å². The van der Waals surface area contributed by atoms with Crippen LogP contribution in [-0.4, -0.2) is 71.6 Å². The van der Waals surface area contributed by atoms with Gasteiger partial charge in [-0.2, -0.15) is 0 Å². The van der Waals surface area contributed by atoms with Crippen LogP contribution >= 0.6 is 8.95 Å². The summed E-state index contributed by atoms with van der Waals surface area (Å²) in [5, 5.41) is 1.95. The van der Waals surface area contributed by atoms with Gasteiger partial charge in [0.15, 0.2) is 0 Å². The molecule has 1 heterocycles. The summed E-state index contributed by atoms with van der Waals surface area (Å²) in [5.41, 5.74) is 11.4. The van der Waals surface area contributed by atoms with Crippen LogP contribution in [0.3, 0.4) is 0 Å². The second-order valence-corrected chi connectivity index (χ2v) is 73.6. The van der Waals surface area contributed by atoms with Crippen LogP contribution in [0.1, 0.15) is 120 Å². The van der Waals surface area contributed by atoms with E-state index in [1.165, 1.54) is 11.1 Å². The van der Waals surface area contributed by atoms with E-state index < -0.39 is 65.9 Å². The molecule has 0 radical (unpaired) electrons. The van der Waals surface area contributed by atoms with Gasteiger partial charge in [0.05, 0.1) is 0 Å². The van der Waals surface area contributed by atoms with Crippen LogP contribution in [0.15, 0.2) is 54.6 Å². The Balaban J connectivity index is 2.53. The number of benzene rings is 3. The van der Waals surface area contributed by atoms with Crippen molar-refractivity contribution in [3.63, 3.8) is 0 Å². The molecule has 0 spiro atoms. The van der Waals surface area contributed by atoms with E-state index in [9.17, 15) is 0 Å². The first-order valence-electron chi connectivity index (χ1n) is 23.3. The summed E-state index contributed by atoms with van der Waals surface area (Å²) in [5.74, 6) is 2.36. The van der Waals surface area contributed by atoms with Crippen molar-refractivity contribution in [1.82, 2.24) is 0 Å². The summed E-state index contributed by atoms with van der Waals surface area (Å²) in [6.45, 7) is 63.6. The molecule has 3 aromatic carbocycles. The van der Waals surface area contributed by atoms with E-state index in [1.807, 2.05) is 3.58 Å². The molecule has 9 heteroatoms. The van der Waals surface area contributed by atoms with Gasteiger partial charge >= 0.3 is 383 Å². The standard InChI is InChI=1S/C27H59Si6.C15H23.C8H9OS.Sn/c1-28(2,3)25(29(4,5)6)22-19-23(26(30(7,8)9)31(10,11)12)21-24(20-22)27(32(13,14)15)33(16,17)18;1-10(2)13-7-14(11(3)4)9-15(8-13)12(5)6;9-8(6-10)7-4-2-1-3-5-7;/h19-20,25-27H,1-18H3;7-8,10-12H,1-6H3;1-5,8,10H,6H2;/q;;-1;+2/p-1. The summed E-state index contributed by atoms with van der Waals surface area (Å²) in [6, 6.07) is 22.6. The molecule has 0 aliphatic carbocycles. The zero-order valence-electron chi connectivity index (χ0n) is 42.8. The minimum absolute atomic E-state index is 0.105. The van der Waals surface area contributed by atoms with Crippen molar-refractivity contribution in [2.75, 3.05) is 5.75 Å². The van der Waals surface area contributed by atoms with Crippen LogP contribution in [-0.2, 0) is 3.07 Å². The van der Waals surface area contributed by atoms with Gasteiger partial charge in [0.1, 0.15) is 0 Å². The molecule has 2 unspecified atom stereocenters. The van der Waals surface area contributed by atoms with Crippen LogP contribution in [0.4, 0.5) is 0 Å². The molecule has 0 aromatic heterocycles. The Hall–Kier alpha value is 0.0700. The van der Waals surface area contributed by atoms with E-state index in [0.717, 1.165) is 5.75 Å². The van der Waals surface area contributed by atoms with Gasteiger partial charge in [0.25, 0.3) is 0 Å². The zero-order chi connectivity index (χ0) is 45.2. The normalized spacial score (nSPS) is 19.1. The summed E-state index contributed by atoms with van der Waals surface area (Å²) in [4.78, 5) is 0. The second kappa shape index (κ2) is 18.2. The van der Waals surface area contributed by atoms with Crippen molar-refractivity contribution in [3.8, 4) is 0 Å². The molecular weight excluding hydrogens is 936 g/mol. The third kappa shape index (κ3) is 11.3. The first-order valence-corrected chi connectivity index (χ1v) is 53.2. The monoisotopic (exact) mass is 1030 g/mol. The number of hydrogen-bond donors (Lipinski definition) is 0. The van der Waals surface area contributed by atoms with E-state index >= 15 is 0 Å². The average Bonchev–Trinajstić information content (AvgIpc) is 3.46. The Kier molecular flexibility index (Phi) is 15.9. The van der Waals surface area contributed by atoms with E-state index in [0.29, 0.717) is 33.2 Å². The van der Waals surface area contributed by atoms with Crippen molar-refractivity contribution in [3.05, 3.63) is 93.5 Å². The Morgan fingerprint density at radius 1 is 0.458 bits per heavy atom. The molecule has 330 valence electrons. The van der Waals surface area contributed by atoms with E-state index in [1.54, 1.807) is 31.4 Å². The number of rotatable bonds is 15. The molecule has 1 aliphatic rings. The molecule has 0 N–H and O–H groups in total. The van der Waals surface area contributed by atoms with E-state index in [4.69, 9.17) is 3.07 Å². The van der Waals surface area contributed by atoms with Crippen LogP contribution in [0.5, 0.6) is 0 Å². The molecule has 1 fully saturated rings. The Morgan fingerprint density at radius 3 is 1.12 bits per heavy atom. The predicted octanol–water partition coefficient (Wildman–Crippen LogP) is 15.6. The van der Waals surface area contributed by atoms with Crippen LogP contribution in [0.25, 0.3) is 0 Å². The fraction of sp³-hybridized carbons (Fsp3) is 0.640. The number of hydrogen-bond acceptors (Lipinski definition) is 2. The second-order valence-electron chi connectivity index (χ2n) is 26.1. The Bertz CT molecular complexity index is 1790. The summed E-state index contributed by atoms with van der Waals surface area (Å²) >= 11 is -4.29. The SMILES string of the molecule is CC(C)c1cc(C(C)C)[c]([Sn]2([c]3c(C([Si](C)(C)C)[Si](C)(C)C)cc(C([Si](C)(C)C)[Si](C)(C)C)cc3C([Si](C)(C)C)[Si](C)(C)C)[O]C(c3ccccc3)C[S]2)c(C(C)C)c1. The van der Waals surface area contributed by atoms with Crippen LogP contribution < -0.4 is 7.16 Å². The van der Waals surface area contributed by atoms with E-state index in [-0.39, 0.29) is 6.10 Å². The molecular formula is C50H90OSSi6Sn. The molecule has 0 saturated carbocycles. The third-order valence-corrected chi connectivity index (χ3v) is 59.0. The summed E-state index contributed by atoms with van der Waals surface area (Å²) in [6.07, 6.45) is 0.105. The first-order chi connectivity index (χ1) is 26.5. The molecule has 2 atom stereocenters. The Labute approximate surface area is 379 Å². The molecule has 0 bridgehead atoms. The Morgan fingerprint density at radius 2 is 0.797 bits per heavy atom. The quantitative estimate of drug-likeness (QED) is 0.140. The summed E-state index contributed by atoms with van der Waals surface area (Å²) in [7, 11) is -7.99. The molecule has 1 aliphatic heterocycles. The van der Waals surface area contributed by atoms with Gasteiger partial charge in [0, 0.05) is 0 Å². The minimum atomic E-state index is -4.29. The first kappa shape index (κ1) is 51.7. The van der Waals surface area contributed by atoms with Gasteiger partial charge in [-0.25, -0.2) is 0 Å². The van der Waals surface area contributed by atoms with Gasteiger partial charge in [-0.15, -0.1) is 0 Å². The van der Waals surface area contributed by atoms with Crippen molar-refractivity contribution in [1.29, 1.82) is 0 Å². The van der Waals surface area contributed by atoms with Gasteiger partial charge in [-0.05, 0) is 0 Å². The van der Waals surface area contributed by atoms with Crippen LogP contribution in [0, 0.1) is 0 Å². The molecule has 59 heavy (non-hydrogen) atoms. The van der Waals surface area contributed by atoms with Crippen molar-refractivity contribution in [2.45, 2.75) is 199 Å². The fourth-order valence-electron chi connectivity index (χ4n) is 12.5. The van der Waals surface area contributed by atoms with Gasteiger partial charge < -0.3 is 0 Å². The summed E-state index contributed by atoms with van der Waals surface area (Å²) < 4.78 is 12.0. The van der Waals surface area contributed by atoms with Crippen molar-refractivity contribution in [2.24, 2.45) is 0 Å². The van der Waals surface area contributed by atoms with Crippen molar-refractivity contribution >= 4 is 82.0 Å². The topological polar surface area (TPSA) is 9.23 Å². The maximum absolute atomic E-state index is 8.51. The molecule has 3 aromatic rings. The third-order valence-electron chi connectivity index (χ3n) is 13.1. The maximum atomic E-state index is 8.51.